The van der Waals surface area contributed by atoms with Gasteiger partial charge >= 0.3 is 0 Å². The lowest BCUT2D eigenvalue weighted by Crippen LogP contribution is -2.29. The molecular weight excluding hydrogens is 483 g/mol. The molecule has 1 fully saturated rings. The summed E-state index contributed by atoms with van der Waals surface area (Å²) in [4.78, 5) is 6.98. The molecule has 4 aromatic rings. The Labute approximate surface area is 215 Å². The Bertz CT molecular complexity index is 1350. The van der Waals surface area contributed by atoms with Crippen LogP contribution in [0.25, 0.3) is 28.3 Å². The molecule has 0 radical (unpaired) electrons. The number of nitrogens with zero attached hydrogens (tertiary/aromatic N) is 4. The third-order valence-electron chi connectivity index (χ3n) is 6.99. The summed E-state index contributed by atoms with van der Waals surface area (Å²) in [5, 5.41) is 2.88. The molecule has 0 spiro atoms. The van der Waals surface area contributed by atoms with Crippen LogP contribution in [0.4, 0.5) is 18.9 Å². The molecule has 9 heteroatoms. The Balaban J connectivity index is 0.00000267. The maximum absolute atomic E-state index is 13.4. The number of aromatic nitrogens is 3. The summed E-state index contributed by atoms with van der Waals surface area (Å²) in [5.41, 5.74) is 6.42. The van der Waals surface area contributed by atoms with Gasteiger partial charge in [0.2, 0.25) is 0 Å². The van der Waals surface area contributed by atoms with Crippen LogP contribution in [0, 0.1) is 11.7 Å². The van der Waals surface area contributed by atoms with Gasteiger partial charge < -0.3 is 14.8 Å². The minimum absolute atomic E-state index is 0. The monoisotopic (exact) mass is 511 g/mol. The molecule has 188 valence electrons. The normalized spacial score (nSPS) is 16.3. The smallest absolute Gasteiger partial charge is 0.250 e. The average molecular weight is 512 g/mol. The van der Waals surface area contributed by atoms with E-state index in [0.29, 0.717) is 19.0 Å². The van der Waals surface area contributed by atoms with E-state index in [1.165, 1.54) is 17.7 Å². The fraction of sp³-hybridized carbons (Fsp3) is 0.296. The predicted molar refractivity (Wildman–Crippen MR) is 141 cm³/mol. The molecule has 0 amide bonds. The van der Waals surface area contributed by atoms with Crippen LogP contribution in [0.15, 0.2) is 67.1 Å². The molecule has 1 saturated heterocycles. The summed E-state index contributed by atoms with van der Waals surface area (Å²) in [7, 11) is 0. The number of nitrogens with one attached hydrogen (secondary N) is 1. The van der Waals surface area contributed by atoms with Gasteiger partial charge in [0.1, 0.15) is 5.82 Å². The highest BCUT2D eigenvalue weighted by Gasteiger charge is 2.25. The zero-order valence-corrected chi connectivity index (χ0v) is 20.7. The Morgan fingerprint density at radius 1 is 1.06 bits per heavy atom. The number of anilines is 1. The van der Waals surface area contributed by atoms with Gasteiger partial charge in [-0.15, -0.1) is 0 Å². The first-order valence-corrected chi connectivity index (χ1v) is 11.9. The first-order valence-electron chi connectivity index (χ1n) is 11.9. The van der Waals surface area contributed by atoms with Crippen molar-refractivity contribution in [1.29, 1.82) is 0 Å². The van der Waals surface area contributed by atoms with Gasteiger partial charge in [0.15, 0.2) is 5.82 Å². The van der Waals surface area contributed by atoms with E-state index in [-0.39, 0.29) is 25.9 Å². The molecule has 2 aromatic carbocycles. The quantitative estimate of drug-likeness (QED) is 0.336. The molecule has 1 N–H and O–H groups in total. The Hall–Kier alpha value is -3.17. The van der Waals surface area contributed by atoms with Gasteiger partial charge in [-0.2, -0.15) is 13.5 Å². The summed E-state index contributed by atoms with van der Waals surface area (Å²) in [6.07, 6.45) is 4.57. The minimum Gasteiger partial charge on any atom is -0.371 e. The topological polar surface area (TPSA) is 38.0 Å². The van der Waals surface area contributed by atoms with Gasteiger partial charge in [-0.1, -0.05) is 12.1 Å². The van der Waals surface area contributed by atoms with Crippen molar-refractivity contribution in [3.8, 4) is 28.3 Å². The number of benzene rings is 2. The highest BCUT2D eigenvalue weighted by Crippen LogP contribution is 2.36. The molecule has 0 saturated carbocycles. The van der Waals surface area contributed by atoms with E-state index in [9.17, 15) is 13.2 Å². The van der Waals surface area contributed by atoms with Crippen molar-refractivity contribution in [2.24, 2.45) is 5.92 Å². The van der Waals surface area contributed by atoms with E-state index in [1.807, 2.05) is 12.4 Å². The Morgan fingerprint density at radius 2 is 1.89 bits per heavy atom. The van der Waals surface area contributed by atoms with Crippen molar-refractivity contribution in [2.45, 2.75) is 19.4 Å². The lowest BCUT2D eigenvalue weighted by atomic mass is 10.1. The average Bonchev–Trinajstić information content (AvgIpc) is 3.58. The molecule has 0 unspecified atom stereocenters. The van der Waals surface area contributed by atoms with E-state index in [0.717, 1.165) is 53.5 Å². The van der Waals surface area contributed by atoms with Gasteiger partial charge in [-0.3, -0.25) is 4.57 Å². The number of imidazole rings is 1. The fourth-order valence-corrected chi connectivity index (χ4v) is 5.26. The van der Waals surface area contributed by atoms with Crippen LogP contribution in [0.1, 0.15) is 12.0 Å². The molecule has 6 rings (SSSR count). The molecular formula is C27H28F3N5S. The third-order valence-corrected chi connectivity index (χ3v) is 6.99. The van der Waals surface area contributed by atoms with Crippen LogP contribution in [-0.4, -0.2) is 46.7 Å². The summed E-state index contributed by atoms with van der Waals surface area (Å²) in [6.45, 7) is 2.83. The number of rotatable bonds is 6. The highest BCUT2D eigenvalue weighted by molar-refractivity contribution is 7.59. The molecule has 5 nitrogen and oxygen atoms in total. The largest absolute Gasteiger partial charge is 0.371 e. The number of halogens is 3. The molecule has 1 atom stereocenters. The second-order valence-corrected chi connectivity index (χ2v) is 9.33. The van der Waals surface area contributed by atoms with Crippen molar-refractivity contribution in [3.63, 3.8) is 0 Å². The first-order chi connectivity index (χ1) is 17.0. The van der Waals surface area contributed by atoms with Crippen LogP contribution in [0.3, 0.4) is 0 Å². The SMILES string of the molecule is Fc1ccc(-c2cc3n(c2)Cc2cc(N4CC[C@@H](CNCC(F)F)C4)ccc2-n2ccnc2-3)cc1.S. The number of alkyl halides is 2. The second kappa shape index (κ2) is 10.1. The van der Waals surface area contributed by atoms with E-state index in [1.54, 1.807) is 12.1 Å². The number of fused-ring (bicyclic) bond motifs is 5. The maximum Gasteiger partial charge on any atom is 0.250 e. The standard InChI is InChI=1S/C27H26F3N5.H2S/c28-22-3-1-19(2-4-22)20-12-25-27-32-8-10-35(27)24-6-5-23(11-21(24)17-34(25)16-20)33-9-7-18(15-33)13-31-14-26(29)30;/h1-6,8,10-12,16,18,26,31H,7,9,13-15,17H2;1H2/t18-;/m0./s1. The molecule has 4 heterocycles. The second-order valence-electron chi connectivity index (χ2n) is 9.33. The van der Waals surface area contributed by atoms with Crippen molar-refractivity contribution < 1.29 is 13.2 Å². The van der Waals surface area contributed by atoms with Crippen LogP contribution in [-0.2, 0) is 6.54 Å². The van der Waals surface area contributed by atoms with E-state index in [2.05, 4.69) is 54.8 Å². The zero-order chi connectivity index (χ0) is 23.9. The summed E-state index contributed by atoms with van der Waals surface area (Å²) < 4.78 is 42.7. The van der Waals surface area contributed by atoms with Crippen molar-refractivity contribution in [1.82, 2.24) is 19.4 Å². The maximum atomic E-state index is 13.4. The first kappa shape index (κ1) is 24.5. The van der Waals surface area contributed by atoms with Gasteiger partial charge in [-0.05, 0) is 66.4 Å². The fourth-order valence-electron chi connectivity index (χ4n) is 5.26. The van der Waals surface area contributed by atoms with Crippen molar-refractivity contribution >= 4 is 19.2 Å². The molecule has 2 aromatic heterocycles. The zero-order valence-electron chi connectivity index (χ0n) is 19.7. The summed E-state index contributed by atoms with van der Waals surface area (Å²) >= 11 is 0. The van der Waals surface area contributed by atoms with Gasteiger partial charge in [0, 0.05) is 49.5 Å². The number of hydrogen-bond donors (Lipinski definition) is 1. The lowest BCUT2D eigenvalue weighted by molar-refractivity contribution is 0.144. The summed E-state index contributed by atoms with van der Waals surface area (Å²) in [6, 6.07) is 15.2. The third kappa shape index (κ3) is 4.65. The molecule has 0 bridgehead atoms. The summed E-state index contributed by atoms with van der Waals surface area (Å²) in [5.74, 6) is 0.985. The van der Waals surface area contributed by atoms with Crippen molar-refractivity contribution in [2.75, 3.05) is 31.1 Å². The van der Waals surface area contributed by atoms with E-state index >= 15 is 0 Å². The van der Waals surface area contributed by atoms with E-state index < -0.39 is 6.43 Å². The van der Waals surface area contributed by atoms with Crippen molar-refractivity contribution in [3.05, 3.63) is 78.5 Å². The number of hydrogen-bond acceptors (Lipinski definition) is 3. The molecule has 36 heavy (non-hydrogen) atoms. The van der Waals surface area contributed by atoms with Crippen LogP contribution in [0.2, 0.25) is 0 Å². The van der Waals surface area contributed by atoms with Crippen LogP contribution in [0.5, 0.6) is 0 Å². The Kier molecular flexibility index (Phi) is 6.85. The van der Waals surface area contributed by atoms with Crippen LogP contribution < -0.4 is 10.2 Å². The lowest BCUT2D eigenvalue weighted by Gasteiger charge is -2.21. The predicted octanol–water partition coefficient (Wildman–Crippen LogP) is 5.30. The molecule has 2 aliphatic rings. The van der Waals surface area contributed by atoms with Crippen LogP contribution >= 0.6 is 13.5 Å². The van der Waals surface area contributed by atoms with Gasteiger partial charge in [-0.25, -0.2) is 18.2 Å². The molecule has 0 aliphatic carbocycles. The minimum atomic E-state index is -2.31. The van der Waals surface area contributed by atoms with Gasteiger partial charge in [0.25, 0.3) is 6.43 Å². The Morgan fingerprint density at radius 3 is 2.69 bits per heavy atom. The van der Waals surface area contributed by atoms with Gasteiger partial charge in [0.05, 0.1) is 17.9 Å². The van der Waals surface area contributed by atoms with E-state index in [4.69, 9.17) is 0 Å². The molecule has 2 aliphatic heterocycles. The highest BCUT2D eigenvalue weighted by atomic mass is 32.1.